The Balaban J connectivity index is 0.0000144. The molecule has 2 heterocycles. The number of hydrogen-bond donors (Lipinski definition) is 12. The van der Waals surface area contributed by atoms with Crippen molar-refractivity contribution < 1.29 is 121 Å². The van der Waals surface area contributed by atoms with Crippen LogP contribution in [0.3, 0.4) is 0 Å². The molecule has 12 N–H and O–H groups in total. The van der Waals surface area contributed by atoms with Crippen molar-refractivity contribution >= 4 is 49.1 Å². The van der Waals surface area contributed by atoms with Gasteiger partial charge in [-0.3, -0.25) is 9.59 Å². The number of rotatable bonds is 28. The standard InChI is InChI=1S/C49H70N4O18S2.Na/c1-48(2)32-24-30(46(64)50-26-36(56)42(60)44(62)38(58)28-54)16-18-34(32)52(20-10-12-22-72(66,67)68)40(48)14-8-6-5-7-9-15-41-49(3,4)33-25-31(17-19-35(33)53(41)21-11-13-23-73(69,70)71)47(65)51-27-37(57)43(61)45(63)39(59)29-55;/h5-9,14-19,24-25,36-39,42-45,54-63H,10-13,20-23,26-29H2,1-4H3,(H3-,50,51,64,65,66,67,68,69,70,71);/q;+1/p-1/t36-,37?,38?,39+,42+,43?,44+,45?;/m0./s1. The Morgan fingerprint density at radius 3 is 1.61 bits per heavy atom. The summed E-state index contributed by atoms with van der Waals surface area (Å²) in [5.41, 5.74) is 3.38. The number of carbonyl (C=O) groups is 2. The first kappa shape index (κ1) is 64.5. The van der Waals surface area contributed by atoms with Gasteiger partial charge in [0.2, 0.25) is 5.69 Å². The molecule has 22 nitrogen and oxygen atoms in total. The van der Waals surface area contributed by atoms with Gasteiger partial charge in [0.1, 0.15) is 43.2 Å². The number of aliphatic hydroxyl groups is 10. The second-order valence-corrected chi connectivity index (χ2v) is 22.1. The maximum Gasteiger partial charge on any atom is 1.00 e. The topological polar surface area (TPSA) is 381 Å². The number of carbonyl (C=O) groups excluding carboxylic acids is 2. The van der Waals surface area contributed by atoms with Gasteiger partial charge in [-0.2, -0.15) is 4.58 Å². The molecule has 0 aromatic heterocycles. The fourth-order valence-corrected chi connectivity index (χ4v) is 9.78. The van der Waals surface area contributed by atoms with E-state index in [0.29, 0.717) is 25.9 Å². The van der Waals surface area contributed by atoms with E-state index in [1.54, 1.807) is 66.8 Å². The maximum absolute atomic E-state index is 13.3. The van der Waals surface area contributed by atoms with E-state index in [1.165, 1.54) is 0 Å². The molecule has 25 heteroatoms. The number of unbranched alkanes of at least 4 members (excludes halogenated alkanes) is 2. The van der Waals surface area contributed by atoms with Gasteiger partial charge < -0.3 is 75.7 Å². The van der Waals surface area contributed by atoms with Gasteiger partial charge in [0, 0.05) is 83.2 Å². The van der Waals surface area contributed by atoms with Crippen molar-refractivity contribution in [1.29, 1.82) is 0 Å². The SMILES string of the molecule is CC1(C)C(=CC=CC=CC=CC2=[N+](CCCCS(=O)(=O)[O-])c3ccc(C(=O)NC[C@H](O)[C@@H](O)[C@H](O)C(O)CO)cc3C2(C)C)N(CCCCS(=O)(=O)[O-])c2ccc(C(=O)NCC(O)C(O)C(O)[C@H](O)CO)cc21.[Na+]. The fourth-order valence-electron chi connectivity index (χ4n) is 8.67. The number of nitrogens with one attached hydrogen (secondary N) is 2. The van der Waals surface area contributed by atoms with Crippen molar-refractivity contribution in [1.82, 2.24) is 10.6 Å². The van der Waals surface area contributed by atoms with E-state index in [9.17, 15) is 76.4 Å². The number of anilines is 1. The quantitative estimate of drug-likeness (QED) is 0.0125. The Hall–Kier alpha value is -3.77. The average Bonchev–Trinajstić information content (AvgIpc) is 3.68. The Kier molecular flexibility index (Phi) is 24.4. The summed E-state index contributed by atoms with van der Waals surface area (Å²) in [6.07, 6.45) is -0.822. The molecule has 2 aromatic carbocycles. The molecule has 0 saturated carbocycles. The Labute approximate surface area is 453 Å². The van der Waals surface area contributed by atoms with Crippen LogP contribution < -0.4 is 45.1 Å². The summed E-state index contributed by atoms with van der Waals surface area (Å²) in [6, 6.07) is 9.84. The molecule has 406 valence electrons. The summed E-state index contributed by atoms with van der Waals surface area (Å²) in [5.74, 6) is -2.32. The van der Waals surface area contributed by atoms with Gasteiger partial charge in [-0.15, -0.1) is 0 Å². The zero-order valence-electron chi connectivity index (χ0n) is 42.1. The van der Waals surface area contributed by atoms with Gasteiger partial charge in [0.15, 0.2) is 5.71 Å². The third-order valence-corrected chi connectivity index (χ3v) is 14.5. The van der Waals surface area contributed by atoms with Crippen LogP contribution in [0.1, 0.15) is 85.2 Å². The molecule has 2 aliphatic rings. The molecular weight excluding hydrogens is 1020 g/mol. The second-order valence-electron chi connectivity index (χ2n) is 19.0. The first-order chi connectivity index (χ1) is 34.1. The minimum atomic E-state index is -4.44. The Morgan fingerprint density at radius 1 is 0.635 bits per heavy atom. The molecule has 2 amide bonds. The van der Waals surface area contributed by atoms with E-state index in [2.05, 4.69) is 10.6 Å². The molecular formula is C49H69N4NaO18S2. The van der Waals surface area contributed by atoms with E-state index in [1.807, 2.05) is 49.3 Å². The third kappa shape index (κ3) is 17.1. The summed E-state index contributed by atoms with van der Waals surface area (Å²) in [6.45, 7) is 5.64. The first-order valence-corrected chi connectivity index (χ1v) is 26.8. The predicted octanol–water partition coefficient (Wildman–Crippen LogP) is -4.60. The summed E-state index contributed by atoms with van der Waals surface area (Å²) in [5, 5.41) is 103. The normalized spacial score (nSPS) is 19.2. The van der Waals surface area contributed by atoms with Crippen LogP contribution in [0.2, 0.25) is 0 Å². The van der Waals surface area contributed by atoms with Crippen molar-refractivity contribution in [2.45, 2.75) is 113 Å². The molecule has 4 unspecified atom stereocenters. The van der Waals surface area contributed by atoms with Crippen LogP contribution in [0.25, 0.3) is 0 Å². The molecule has 0 fully saturated rings. The number of hydrogen-bond acceptors (Lipinski definition) is 19. The largest absolute Gasteiger partial charge is 1.00 e. The molecule has 2 aromatic rings. The average molecular weight is 1090 g/mol. The number of nitrogens with zero attached hydrogens (tertiary/aromatic N) is 2. The summed E-state index contributed by atoms with van der Waals surface area (Å²) in [4.78, 5) is 28.5. The fraction of sp³-hybridized carbons (Fsp3) is 0.531. The van der Waals surface area contributed by atoms with E-state index in [0.717, 1.165) is 33.9 Å². The Morgan fingerprint density at radius 2 is 1.09 bits per heavy atom. The van der Waals surface area contributed by atoms with Gasteiger partial charge >= 0.3 is 29.6 Å². The van der Waals surface area contributed by atoms with Gasteiger partial charge in [-0.1, -0.05) is 44.2 Å². The van der Waals surface area contributed by atoms with Crippen LogP contribution in [0.4, 0.5) is 11.4 Å². The van der Waals surface area contributed by atoms with Gasteiger partial charge in [-0.05, 0) is 75.1 Å². The van der Waals surface area contributed by atoms with Gasteiger partial charge in [0.05, 0.1) is 51.1 Å². The molecule has 0 aliphatic carbocycles. The number of amides is 2. The second kappa shape index (κ2) is 28.0. The van der Waals surface area contributed by atoms with Crippen LogP contribution >= 0.6 is 0 Å². The molecule has 0 radical (unpaired) electrons. The molecule has 74 heavy (non-hydrogen) atoms. The minimum absolute atomic E-state index is 0. The van der Waals surface area contributed by atoms with Crippen molar-refractivity contribution in [3.05, 3.63) is 107 Å². The van der Waals surface area contributed by atoms with E-state index >= 15 is 0 Å². The van der Waals surface area contributed by atoms with Gasteiger partial charge in [-0.25, -0.2) is 16.8 Å². The number of allylic oxidation sites excluding steroid dienone is 8. The van der Waals surface area contributed by atoms with Gasteiger partial charge in [0.25, 0.3) is 11.8 Å². The predicted molar refractivity (Wildman–Crippen MR) is 266 cm³/mol. The van der Waals surface area contributed by atoms with Crippen LogP contribution in [0, 0.1) is 0 Å². The van der Waals surface area contributed by atoms with E-state index in [4.69, 9.17) is 10.2 Å². The van der Waals surface area contributed by atoms with Crippen LogP contribution in [0.15, 0.2) is 84.6 Å². The molecule has 0 saturated heterocycles. The summed E-state index contributed by atoms with van der Waals surface area (Å²) >= 11 is 0. The van der Waals surface area contributed by atoms with Crippen LogP contribution in [-0.2, 0) is 31.1 Å². The summed E-state index contributed by atoms with van der Waals surface area (Å²) in [7, 11) is -8.89. The number of benzene rings is 2. The molecule has 4 rings (SSSR count). The monoisotopic (exact) mass is 1090 g/mol. The Bertz CT molecular complexity index is 2640. The van der Waals surface area contributed by atoms with Crippen molar-refractivity contribution in [3.8, 4) is 0 Å². The van der Waals surface area contributed by atoms with Crippen LogP contribution in [-0.4, -0.2) is 199 Å². The first-order valence-electron chi connectivity index (χ1n) is 23.6. The smallest absolute Gasteiger partial charge is 0.748 e. The van der Waals surface area contributed by atoms with E-state index < -0.39 is 130 Å². The van der Waals surface area contributed by atoms with Crippen molar-refractivity contribution in [2.24, 2.45) is 0 Å². The molecule has 0 bridgehead atoms. The van der Waals surface area contributed by atoms with Crippen molar-refractivity contribution in [2.75, 3.05) is 55.8 Å². The zero-order chi connectivity index (χ0) is 54.6. The zero-order valence-corrected chi connectivity index (χ0v) is 45.7. The van der Waals surface area contributed by atoms with Crippen molar-refractivity contribution in [3.63, 3.8) is 0 Å². The number of fused-ring (bicyclic) bond motifs is 2. The maximum atomic E-state index is 13.3. The molecule has 2 aliphatic heterocycles. The molecule has 8 atom stereocenters. The third-order valence-electron chi connectivity index (χ3n) is 12.9. The summed E-state index contributed by atoms with van der Waals surface area (Å²) < 4.78 is 70.1. The minimum Gasteiger partial charge on any atom is -0.748 e. The molecule has 0 spiro atoms. The van der Waals surface area contributed by atoms with Crippen LogP contribution in [0.5, 0.6) is 0 Å². The number of aliphatic hydroxyl groups excluding tert-OH is 10. The van der Waals surface area contributed by atoms with E-state index in [-0.39, 0.29) is 53.5 Å².